The third-order valence-corrected chi connectivity index (χ3v) is 3.14. The van der Waals surface area contributed by atoms with E-state index in [4.69, 9.17) is 4.74 Å². The minimum atomic E-state index is 0. The van der Waals surface area contributed by atoms with Gasteiger partial charge >= 0.3 is 0 Å². The zero-order valence-corrected chi connectivity index (χ0v) is 15.5. The number of likely N-dealkylation sites (tertiary alicyclic amines) is 1. The molecule has 0 aliphatic carbocycles. The number of carbonyl (C=O) groups is 1. The maximum absolute atomic E-state index is 11.9. The Hall–Kier alpha value is -0.570. The second-order valence-corrected chi connectivity index (χ2v) is 4.72. The van der Waals surface area contributed by atoms with Crippen molar-refractivity contribution in [3.8, 4) is 0 Å². The molecule has 6 nitrogen and oxygen atoms in total. The summed E-state index contributed by atoms with van der Waals surface area (Å²) in [5.74, 6) is 0.988. The first-order valence-electron chi connectivity index (χ1n) is 7.65. The van der Waals surface area contributed by atoms with Crippen LogP contribution in [0.4, 0.5) is 0 Å². The Balaban J connectivity index is 0.00000400. The molecule has 0 saturated carbocycles. The van der Waals surface area contributed by atoms with Crippen LogP contribution in [0.25, 0.3) is 0 Å². The second-order valence-electron chi connectivity index (χ2n) is 4.72. The fraction of sp³-hybridized carbons (Fsp3) is 0.857. The van der Waals surface area contributed by atoms with Gasteiger partial charge in [0.1, 0.15) is 0 Å². The van der Waals surface area contributed by atoms with Crippen LogP contribution in [-0.2, 0) is 9.53 Å². The van der Waals surface area contributed by atoms with Crippen molar-refractivity contribution in [2.75, 3.05) is 45.9 Å². The molecule has 1 rings (SSSR count). The number of aliphatic imine (C=N–C) groups is 1. The highest BCUT2D eigenvalue weighted by Gasteiger charge is 2.17. The number of nitrogens with zero attached hydrogens (tertiary/aromatic N) is 2. The van der Waals surface area contributed by atoms with Crippen LogP contribution in [0.5, 0.6) is 0 Å². The third kappa shape index (κ3) is 9.13. The van der Waals surface area contributed by atoms with E-state index in [2.05, 4.69) is 15.6 Å². The van der Waals surface area contributed by atoms with E-state index in [1.54, 1.807) is 0 Å². The minimum Gasteiger partial charge on any atom is -0.380 e. The van der Waals surface area contributed by atoms with Crippen molar-refractivity contribution in [1.82, 2.24) is 15.5 Å². The predicted octanol–water partition coefficient (Wildman–Crippen LogP) is 1.21. The SMILES string of the molecule is CCNC(=NCCOCC)NCCC(=O)N1CCCC1.I. The molecule has 0 radical (unpaired) electrons. The number of halogens is 1. The molecule has 1 aliphatic rings. The van der Waals surface area contributed by atoms with Crippen LogP contribution in [0.15, 0.2) is 4.99 Å². The summed E-state index contributed by atoms with van der Waals surface area (Å²) in [6.45, 7) is 9.22. The van der Waals surface area contributed by atoms with E-state index in [1.165, 1.54) is 0 Å². The van der Waals surface area contributed by atoms with Gasteiger partial charge in [0.25, 0.3) is 0 Å². The van der Waals surface area contributed by atoms with Crippen LogP contribution < -0.4 is 10.6 Å². The van der Waals surface area contributed by atoms with Gasteiger partial charge in [0, 0.05) is 39.2 Å². The number of guanidine groups is 1. The topological polar surface area (TPSA) is 66.0 Å². The Bertz CT molecular complexity index is 307. The standard InChI is InChI=1S/C14H28N4O2.HI/c1-3-15-14(17-9-12-20-4-2)16-8-7-13(19)18-10-5-6-11-18;/h3-12H2,1-2H3,(H2,15,16,17);1H. The second kappa shape index (κ2) is 13.1. The van der Waals surface area contributed by atoms with Crippen LogP contribution in [0.1, 0.15) is 33.1 Å². The Kier molecular flexibility index (Phi) is 12.8. The molecule has 1 fully saturated rings. The molecule has 2 N–H and O–H groups in total. The Morgan fingerprint density at radius 2 is 1.95 bits per heavy atom. The summed E-state index contributed by atoms with van der Waals surface area (Å²) in [7, 11) is 0. The summed E-state index contributed by atoms with van der Waals surface area (Å²) < 4.78 is 5.25. The summed E-state index contributed by atoms with van der Waals surface area (Å²) in [6.07, 6.45) is 2.80. The molecule has 1 amide bonds. The van der Waals surface area contributed by atoms with E-state index in [9.17, 15) is 4.79 Å². The van der Waals surface area contributed by atoms with Crippen molar-refractivity contribution >= 4 is 35.8 Å². The number of carbonyl (C=O) groups excluding carboxylic acids is 1. The molecule has 0 atom stereocenters. The smallest absolute Gasteiger partial charge is 0.224 e. The molecule has 7 heteroatoms. The van der Waals surface area contributed by atoms with Crippen molar-refractivity contribution < 1.29 is 9.53 Å². The normalized spacial score (nSPS) is 14.8. The molecule has 0 aromatic rings. The number of nitrogens with one attached hydrogen (secondary N) is 2. The van der Waals surface area contributed by atoms with E-state index < -0.39 is 0 Å². The van der Waals surface area contributed by atoms with Gasteiger partial charge in [-0.15, -0.1) is 24.0 Å². The monoisotopic (exact) mass is 412 g/mol. The molecular formula is C14H29IN4O2. The number of rotatable bonds is 8. The van der Waals surface area contributed by atoms with Crippen LogP contribution >= 0.6 is 24.0 Å². The molecule has 1 aliphatic heterocycles. The predicted molar refractivity (Wildman–Crippen MR) is 96.3 cm³/mol. The first kappa shape index (κ1) is 20.4. The summed E-state index contributed by atoms with van der Waals surface area (Å²) in [5, 5.41) is 6.35. The quantitative estimate of drug-likeness (QED) is 0.272. The van der Waals surface area contributed by atoms with Gasteiger partial charge in [-0.05, 0) is 26.7 Å². The summed E-state index contributed by atoms with van der Waals surface area (Å²) in [4.78, 5) is 18.2. The number of amides is 1. The van der Waals surface area contributed by atoms with Gasteiger partial charge in [-0.1, -0.05) is 0 Å². The van der Waals surface area contributed by atoms with Gasteiger partial charge in [-0.3, -0.25) is 9.79 Å². The average molecular weight is 412 g/mol. The number of hydrogen-bond donors (Lipinski definition) is 2. The van der Waals surface area contributed by atoms with Gasteiger partial charge < -0.3 is 20.3 Å². The van der Waals surface area contributed by atoms with Crippen molar-refractivity contribution in [3.63, 3.8) is 0 Å². The lowest BCUT2D eigenvalue weighted by molar-refractivity contribution is -0.129. The van der Waals surface area contributed by atoms with Crippen LogP contribution in [-0.4, -0.2) is 62.7 Å². The molecule has 0 bridgehead atoms. The van der Waals surface area contributed by atoms with Gasteiger partial charge in [-0.2, -0.15) is 0 Å². The Labute approximate surface area is 145 Å². The molecule has 1 heterocycles. The lowest BCUT2D eigenvalue weighted by Gasteiger charge is -2.16. The summed E-state index contributed by atoms with van der Waals surface area (Å²) in [5.41, 5.74) is 0. The van der Waals surface area contributed by atoms with E-state index in [0.717, 1.165) is 38.4 Å². The van der Waals surface area contributed by atoms with Crippen molar-refractivity contribution in [2.24, 2.45) is 4.99 Å². The Morgan fingerprint density at radius 3 is 2.57 bits per heavy atom. The lowest BCUT2D eigenvalue weighted by Crippen LogP contribution is -2.40. The summed E-state index contributed by atoms with van der Waals surface area (Å²) in [6, 6.07) is 0. The Morgan fingerprint density at radius 1 is 1.24 bits per heavy atom. The van der Waals surface area contributed by atoms with Crippen LogP contribution in [0, 0.1) is 0 Å². The average Bonchev–Trinajstić information content (AvgIpc) is 2.97. The fourth-order valence-corrected chi connectivity index (χ4v) is 2.12. The van der Waals surface area contributed by atoms with Gasteiger partial charge in [-0.25, -0.2) is 0 Å². The van der Waals surface area contributed by atoms with Crippen LogP contribution in [0.3, 0.4) is 0 Å². The van der Waals surface area contributed by atoms with Crippen molar-refractivity contribution in [1.29, 1.82) is 0 Å². The molecule has 124 valence electrons. The number of hydrogen-bond acceptors (Lipinski definition) is 3. The van der Waals surface area contributed by atoms with Gasteiger partial charge in [0.15, 0.2) is 5.96 Å². The highest BCUT2D eigenvalue weighted by atomic mass is 127. The molecular weight excluding hydrogens is 383 g/mol. The van der Waals surface area contributed by atoms with Crippen LogP contribution in [0.2, 0.25) is 0 Å². The molecule has 21 heavy (non-hydrogen) atoms. The highest BCUT2D eigenvalue weighted by Crippen LogP contribution is 2.08. The summed E-state index contributed by atoms with van der Waals surface area (Å²) >= 11 is 0. The largest absolute Gasteiger partial charge is 0.380 e. The van der Waals surface area contributed by atoms with Gasteiger partial charge in [0.05, 0.1) is 13.2 Å². The first-order valence-corrected chi connectivity index (χ1v) is 7.65. The molecule has 0 aromatic heterocycles. The van der Waals surface area contributed by atoms with Crippen molar-refractivity contribution in [2.45, 2.75) is 33.1 Å². The maximum atomic E-state index is 11.9. The zero-order chi connectivity index (χ0) is 14.6. The molecule has 0 aromatic carbocycles. The van der Waals surface area contributed by atoms with E-state index in [0.29, 0.717) is 32.7 Å². The maximum Gasteiger partial charge on any atom is 0.224 e. The molecule has 0 spiro atoms. The first-order chi connectivity index (χ1) is 9.77. The highest BCUT2D eigenvalue weighted by molar-refractivity contribution is 14.0. The minimum absolute atomic E-state index is 0. The zero-order valence-electron chi connectivity index (χ0n) is 13.2. The number of ether oxygens (including phenoxy) is 1. The van der Waals surface area contributed by atoms with E-state index in [1.807, 2.05) is 18.7 Å². The third-order valence-electron chi connectivity index (χ3n) is 3.14. The molecule has 1 saturated heterocycles. The lowest BCUT2D eigenvalue weighted by atomic mass is 10.3. The van der Waals surface area contributed by atoms with Gasteiger partial charge in [0.2, 0.25) is 5.91 Å². The van der Waals surface area contributed by atoms with Crippen molar-refractivity contribution in [3.05, 3.63) is 0 Å². The fourth-order valence-electron chi connectivity index (χ4n) is 2.12. The molecule has 0 unspecified atom stereocenters. The van der Waals surface area contributed by atoms with E-state index in [-0.39, 0.29) is 29.9 Å². The van der Waals surface area contributed by atoms with E-state index >= 15 is 0 Å².